The van der Waals surface area contributed by atoms with Gasteiger partial charge in [0, 0.05) is 19.6 Å². The quantitative estimate of drug-likeness (QED) is 0.848. The van der Waals surface area contributed by atoms with Crippen molar-refractivity contribution in [2.75, 3.05) is 32.7 Å². The molecule has 0 radical (unpaired) electrons. The summed E-state index contributed by atoms with van der Waals surface area (Å²) in [5, 5.41) is 3.40. The van der Waals surface area contributed by atoms with Crippen LogP contribution in [0.5, 0.6) is 0 Å². The molecule has 0 aliphatic carbocycles. The molecule has 1 unspecified atom stereocenters. The molecule has 2 saturated heterocycles. The number of hydrogen-bond acceptors (Lipinski definition) is 4. The first kappa shape index (κ1) is 20.8. The SMILES string of the molecule is CCNCC1CCN(C(=O)C2CCCCN2C(=O)c2ccco2)CC1.Cl. The molecule has 2 aliphatic heterocycles. The molecular formula is C19H30ClN3O3. The van der Waals surface area contributed by atoms with Gasteiger partial charge < -0.3 is 19.5 Å². The Balaban J connectivity index is 0.00000243. The summed E-state index contributed by atoms with van der Waals surface area (Å²) in [7, 11) is 0. The number of amides is 2. The predicted octanol–water partition coefficient (Wildman–Crippen LogP) is 2.54. The van der Waals surface area contributed by atoms with E-state index in [1.54, 1.807) is 17.0 Å². The molecule has 0 spiro atoms. The van der Waals surface area contributed by atoms with Crippen LogP contribution < -0.4 is 5.32 Å². The number of nitrogens with one attached hydrogen (secondary N) is 1. The van der Waals surface area contributed by atoms with Crippen LogP contribution in [-0.4, -0.2) is 60.4 Å². The molecule has 2 amide bonds. The van der Waals surface area contributed by atoms with Gasteiger partial charge in [-0.2, -0.15) is 0 Å². The van der Waals surface area contributed by atoms with Crippen molar-refractivity contribution in [3.8, 4) is 0 Å². The van der Waals surface area contributed by atoms with Gasteiger partial charge in [0.2, 0.25) is 5.91 Å². The van der Waals surface area contributed by atoms with Crippen LogP contribution in [0.3, 0.4) is 0 Å². The van der Waals surface area contributed by atoms with Crippen LogP contribution in [0.1, 0.15) is 49.6 Å². The number of piperidine rings is 2. The molecule has 1 aromatic heterocycles. The summed E-state index contributed by atoms with van der Waals surface area (Å²) in [6.07, 6.45) is 6.27. The van der Waals surface area contributed by atoms with Crippen molar-refractivity contribution < 1.29 is 14.0 Å². The Labute approximate surface area is 161 Å². The maximum atomic E-state index is 13.0. The Morgan fingerprint density at radius 2 is 1.96 bits per heavy atom. The van der Waals surface area contributed by atoms with Crippen molar-refractivity contribution in [1.29, 1.82) is 0 Å². The molecule has 6 nitrogen and oxygen atoms in total. The lowest BCUT2D eigenvalue weighted by Crippen LogP contribution is -2.54. The molecule has 2 fully saturated rings. The average Bonchev–Trinajstić information content (AvgIpc) is 3.20. The lowest BCUT2D eigenvalue weighted by molar-refractivity contribution is -0.138. The summed E-state index contributed by atoms with van der Waals surface area (Å²) >= 11 is 0. The van der Waals surface area contributed by atoms with E-state index in [4.69, 9.17) is 4.42 Å². The maximum absolute atomic E-state index is 13.0. The number of furan rings is 1. The number of carbonyl (C=O) groups excluding carboxylic acids is 2. The Morgan fingerprint density at radius 3 is 2.62 bits per heavy atom. The number of likely N-dealkylation sites (tertiary alicyclic amines) is 2. The molecular weight excluding hydrogens is 354 g/mol. The normalized spacial score (nSPS) is 21.3. The van der Waals surface area contributed by atoms with E-state index in [9.17, 15) is 9.59 Å². The summed E-state index contributed by atoms with van der Waals surface area (Å²) < 4.78 is 5.25. The maximum Gasteiger partial charge on any atom is 0.290 e. The lowest BCUT2D eigenvalue weighted by Gasteiger charge is -2.39. The van der Waals surface area contributed by atoms with E-state index in [0.717, 1.165) is 58.3 Å². The Hall–Kier alpha value is -1.53. The van der Waals surface area contributed by atoms with E-state index < -0.39 is 0 Å². The number of halogens is 1. The van der Waals surface area contributed by atoms with Crippen molar-refractivity contribution >= 4 is 24.2 Å². The molecule has 1 aromatic rings. The van der Waals surface area contributed by atoms with Crippen LogP contribution in [-0.2, 0) is 4.79 Å². The molecule has 1 N–H and O–H groups in total. The Morgan fingerprint density at radius 1 is 1.19 bits per heavy atom. The summed E-state index contributed by atoms with van der Waals surface area (Å²) in [4.78, 5) is 29.4. The zero-order valence-electron chi connectivity index (χ0n) is 15.5. The summed E-state index contributed by atoms with van der Waals surface area (Å²) in [5.41, 5.74) is 0. The van der Waals surface area contributed by atoms with E-state index in [1.807, 2.05) is 4.90 Å². The molecule has 3 heterocycles. The number of carbonyl (C=O) groups is 2. The highest BCUT2D eigenvalue weighted by molar-refractivity contribution is 5.95. The highest BCUT2D eigenvalue weighted by atomic mass is 35.5. The van der Waals surface area contributed by atoms with E-state index in [0.29, 0.717) is 18.2 Å². The molecule has 0 bridgehead atoms. The van der Waals surface area contributed by atoms with Crippen LogP contribution in [0, 0.1) is 5.92 Å². The van der Waals surface area contributed by atoms with Gasteiger partial charge in [0.05, 0.1) is 6.26 Å². The van der Waals surface area contributed by atoms with Gasteiger partial charge in [-0.1, -0.05) is 6.92 Å². The topological polar surface area (TPSA) is 65.8 Å². The largest absolute Gasteiger partial charge is 0.459 e. The minimum absolute atomic E-state index is 0. The second-order valence-electron chi connectivity index (χ2n) is 7.06. The zero-order chi connectivity index (χ0) is 17.6. The van der Waals surface area contributed by atoms with Crippen LogP contribution >= 0.6 is 12.4 Å². The van der Waals surface area contributed by atoms with E-state index >= 15 is 0 Å². The summed E-state index contributed by atoms with van der Waals surface area (Å²) in [6, 6.07) is 3.05. The van der Waals surface area contributed by atoms with Crippen molar-refractivity contribution in [2.45, 2.75) is 45.1 Å². The molecule has 2 aliphatic rings. The van der Waals surface area contributed by atoms with E-state index in [2.05, 4.69) is 12.2 Å². The third-order valence-corrected chi connectivity index (χ3v) is 5.39. The smallest absolute Gasteiger partial charge is 0.290 e. The third-order valence-electron chi connectivity index (χ3n) is 5.39. The minimum Gasteiger partial charge on any atom is -0.459 e. The second-order valence-corrected chi connectivity index (χ2v) is 7.06. The summed E-state index contributed by atoms with van der Waals surface area (Å²) in [5.74, 6) is 0.923. The van der Waals surface area contributed by atoms with Crippen LogP contribution in [0.4, 0.5) is 0 Å². The molecule has 0 aromatic carbocycles. The average molecular weight is 384 g/mol. The highest BCUT2D eigenvalue weighted by Crippen LogP contribution is 2.24. The fourth-order valence-electron chi connectivity index (χ4n) is 3.89. The van der Waals surface area contributed by atoms with Crippen molar-refractivity contribution in [3.63, 3.8) is 0 Å². The van der Waals surface area contributed by atoms with Gasteiger partial charge >= 0.3 is 0 Å². The van der Waals surface area contributed by atoms with Crippen LogP contribution in [0.15, 0.2) is 22.8 Å². The zero-order valence-corrected chi connectivity index (χ0v) is 16.3. The predicted molar refractivity (Wildman–Crippen MR) is 102 cm³/mol. The number of rotatable bonds is 5. The fourth-order valence-corrected chi connectivity index (χ4v) is 3.89. The van der Waals surface area contributed by atoms with Crippen molar-refractivity contribution in [1.82, 2.24) is 15.1 Å². The fraction of sp³-hybridized carbons (Fsp3) is 0.684. The molecule has 3 rings (SSSR count). The van der Waals surface area contributed by atoms with Crippen molar-refractivity contribution in [2.24, 2.45) is 5.92 Å². The molecule has 7 heteroatoms. The van der Waals surface area contributed by atoms with Crippen LogP contribution in [0.25, 0.3) is 0 Å². The molecule has 1 atom stereocenters. The first-order valence-electron chi connectivity index (χ1n) is 9.54. The number of hydrogen-bond donors (Lipinski definition) is 1. The number of nitrogens with zero attached hydrogens (tertiary/aromatic N) is 2. The molecule has 146 valence electrons. The van der Waals surface area contributed by atoms with Gasteiger partial charge in [-0.3, -0.25) is 9.59 Å². The Bertz CT molecular complexity index is 571. The molecule has 26 heavy (non-hydrogen) atoms. The first-order valence-corrected chi connectivity index (χ1v) is 9.54. The van der Waals surface area contributed by atoms with Crippen LogP contribution in [0.2, 0.25) is 0 Å². The van der Waals surface area contributed by atoms with E-state index in [1.165, 1.54) is 6.26 Å². The van der Waals surface area contributed by atoms with Gasteiger partial charge in [-0.25, -0.2) is 0 Å². The third kappa shape index (κ3) is 4.80. The van der Waals surface area contributed by atoms with Gasteiger partial charge in [0.25, 0.3) is 5.91 Å². The van der Waals surface area contributed by atoms with Gasteiger partial charge in [-0.15, -0.1) is 12.4 Å². The van der Waals surface area contributed by atoms with Crippen molar-refractivity contribution in [3.05, 3.63) is 24.2 Å². The Kier molecular flexibility index (Phi) is 7.97. The van der Waals surface area contributed by atoms with E-state index in [-0.39, 0.29) is 30.3 Å². The monoisotopic (exact) mass is 383 g/mol. The standard InChI is InChI=1S/C19H29N3O3.ClH/c1-2-20-14-15-8-11-21(12-9-15)18(23)16-6-3-4-10-22(16)19(24)17-7-5-13-25-17;/h5,7,13,15-16,20H,2-4,6,8-12,14H2,1H3;1H. The second kappa shape index (κ2) is 9.97. The van der Waals surface area contributed by atoms with Gasteiger partial charge in [0.1, 0.15) is 6.04 Å². The minimum atomic E-state index is -0.336. The molecule has 0 saturated carbocycles. The lowest BCUT2D eigenvalue weighted by atomic mass is 9.94. The first-order chi connectivity index (χ1) is 12.2. The van der Waals surface area contributed by atoms with Gasteiger partial charge in [-0.05, 0) is 63.2 Å². The highest BCUT2D eigenvalue weighted by Gasteiger charge is 2.36. The van der Waals surface area contributed by atoms with Gasteiger partial charge in [0.15, 0.2) is 5.76 Å². The summed E-state index contributed by atoms with van der Waals surface area (Å²) in [6.45, 7) is 6.37.